The Morgan fingerprint density at radius 1 is 1.26 bits per heavy atom. The second-order valence-corrected chi connectivity index (χ2v) is 4.82. The monoisotopic (exact) mass is 258 g/mol. The molecule has 0 atom stereocenters. The van der Waals surface area contributed by atoms with Crippen molar-refractivity contribution in [1.29, 1.82) is 0 Å². The molecule has 2 rings (SSSR count). The molecule has 0 radical (unpaired) electrons. The fourth-order valence-electron chi connectivity index (χ4n) is 2.22. The van der Waals surface area contributed by atoms with Gasteiger partial charge in [-0.25, -0.2) is 0 Å². The molecule has 0 saturated carbocycles. The first-order valence-electron chi connectivity index (χ1n) is 6.67. The maximum Gasteiger partial charge on any atom is 0.0597 e. The van der Waals surface area contributed by atoms with Crippen LogP contribution in [0.1, 0.15) is 23.9 Å². The number of hydrogen-bond acceptors (Lipinski definition) is 3. The van der Waals surface area contributed by atoms with Gasteiger partial charge in [0.05, 0.1) is 17.9 Å². The van der Waals surface area contributed by atoms with E-state index in [1.54, 1.807) is 0 Å². The van der Waals surface area contributed by atoms with Crippen LogP contribution in [0.15, 0.2) is 30.3 Å². The lowest BCUT2D eigenvalue weighted by atomic mass is 10.2. The molecule has 1 aromatic heterocycles. The number of anilines is 1. The fraction of sp³-hybridized carbons (Fsp3) is 0.400. The summed E-state index contributed by atoms with van der Waals surface area (Å²) in [5.74, 6) is 0. The van der Waals surface area contributed by atoms with E-state index in [-0.39, 0.29) is 0 Å². The zero-order valence-corrected chi connectivity index (χ0v) is 11.9. The van der Waals surface area contributed by atoms with Crippen LogP contribution in [-0.2, 0) is 19.6 Å². The van der Waals surface area contributed by atoms with Gasteiger partial charge in [-0.2, -0.15) is 5.10 Å². The van der Waals surface area contributed by atoms with Gasteiger partial charge in [-0.05, 0) is 37.6 Å². The van der Waals surface area contributed by atoms with Gasteiger partial charge in [-0.15, -0.1) is 0 Å². The van der Waals surface area contributed by atoms with Crippen LogP contribution < -0.4 is 10.6 Å². The Labute approximate surface area is 114 Å². The number of aryl methyl sites for hydroxylation is 2. The van der Waals surface area contributed by atoms with E-state index in [0.717, 1.165) is 24.3 Å². The Hall–Kier alpha value is -1.81. The molecule has 0 amide bonds. The summed E-state index contributed by atoms with van der Waals surface area (Å²) in [4.78, 5) is 2.23. The third-order valence-electron chi connectivity index (χ3n) is 3.30. The van der Waals surface area contributed by atoms with E-state index >= 15 is 0 Å². The number of hydrogen-bond donors (Lipinski definition) is 1. The van der Waals surface area contributed by atoms with Gasteiger partial charge in [0.25, 0.3) is 0 Å². The molecular formula is C15H22N4. The van der Waals surface area contributed by atoms with Crippen LogP contribution in [0.4, 0.5) is 5.69 Å². The van der Waals surface area contributed by atoms with E-state index in [9.17, 15) is 0 Å². The van der Waals surface area contributed by atoms with E-state index in [0.29, 0.717) is 6.54 Å². The molecule has 0 aliphatic rings. The quantitative estimate of drug-likeness (QED) is 0.895. The number of rotatable bonds is 5. The molecule has 1 heterocycles. The smallest absolute Gasteiger partial charge is 0.0597 e. The van der Waals surface area contributed by atoms with Crippen molar-refractivity contribution in [2.24, 2.45) is 5.73 Å². The van der Waals surface area contributed by atoms with Crippen molar-refractivity contribution in [3.05, 3.63) is 47.3 Å². The average molecular weight is 258 g/mol. The highest BCUT2D eigenvalue weighted by Crippen LogP contribution is 2.17. The summed E-state index contributed by atoms with van der Waals surface area (Å²) in [7, 11) is 2.10. The van der Waals surface area contributed by atoms with Gasteiger partial charge in [0.15, 0.2) is 0 Å². The van der Waals surface area contributed by atoms with E-state index in [4.69, 9.17) is 5.73 Å². The Morgan fingerprint density at radius 3 is 2.53 bits per heavy atom. The van der Waals surface area contributed by atoms with Gasteiger partial charge in [0, 0.05) is 25.8 Å². The number of nitrogens with two attached hydrogens (primary N) is 1. The minimum absolute atomic E-state index is 0.589. The first-order valence-corrected chi connectivity index (χ1v) is 6.67. The van der Waals surface area contributed by atoms with Gasteiger partial charge < -0.3 is 10.6 Å². The van der Waals surface area contributed by atoms with Gasteiger partial charge in [-0.1, -0.05) is 12.1 Å². The molecule has 1 aromatic carbocycles. The minimum Gasteiger partial charge on any atom is -0.369 e. The second-order valence-electron chi connectivity index (χ2n) is 4.82. The molecule has 0 saturated heterocycles. The molecule has 4 nitrogen and oxygen atoms in total. The largest absolute Gasteiger partial charge is 0.369 e. The molecular weight excluding hydrogens is 236 g/mol. The van der Waals surface area contributed by atoms with Crippen molar-refractivity contribution < 1.29 is 0 Å². The van der Waals surface area contributed by atoms with Gasteiger partial charge >= 0.3 is 0 Å². The molecule has 19 heavy (non-hydrogen) atoms. The maximum atomic E-state index is 5.61. The molecule has 102 valence electrons. The number of aromatic nitrogens is 2. The van der Waals surface area contributed by atoms with Crippen LogP contribution in [-0.4, -0.2) is 16.8 Å². The zero-order valence-electron chi connectivity index (χ0n) is 11.9. The molecule has 0 aliphatic heterocycles. The summed E-state index contributed by atoms with van der Waals surface area (Å²) in [5.41, 5.74) is 10.3. The molecule has 0 unspecified atom stereocenters. The highest BCUT2D eigenvalue weighted by Gasteiger charge is 2.08. The van der Waals surface area contributed by atoms with E-state index < -0.39 is 0 Å². The van der Waals surface area contributed by atoms with E-state index in [1.165, 1.54) is 11.4 Å². The van der Waals surface area contributed by atoms with Crippen molar-refractivity contribution in [2.45, 2.75) is 33.5 Å². The van der Waals surface area contributed by atoms with E-state index in [2.05, 4.69) is 59.0 Å². The SMILES string of the molecule is CCn1nc(C)cc1CN(C)c1ccc(CN)cc1. The molecule has 0 fully saturated rings. The van der Waals surface area contributed by atoms with Crippen LogP contribution >= 0.6 is 0 Å². The summed E-state index contributed by atoms with van der Waals surface area (Å²) >= 11 is 0. The van der Waals surface area contributed by atoms with Crippen LogP contribution in [0, 0.1) is 6.92 Å². The molecule has 2 N–H and O–H groups in total. The summed E-state index contributed by atoms with van der Waals surface area (Å²) in [6, 6.07) is 10.5. The summed E-state index contributed by atoms with van der Waals surface area (Å²) in [5, 5.41) is 4.48. The first-order chi connectivity index (χ1) is 9.13. The molecule has 0 aliphatic carbocycles. The topological polar surface area (TPSA) is 47.1 Å². The summed E-state index contributed by atoms with van der Waals surface area (Å²) in [6.07, 6.45) is 0. The summed E-state index contributed by atoms with van der Waals surface area (Å²) < 4.78 is 2.06. The first kappa shape index (κ1) is 13.6. The summed E-state index contributed by atoms with van der Waals surface area (Å²) in [6.45, 7) is 6.50. The average Bonchev–Trinajstić information content (AvgIpc) is 2.78. The maximum absolute atomic E-state index is 5.61. The predicted molar refractivity (Wildman–Crippen MR) is 79.1 cm³/mol. The van der Waals surface area contributed by atoms with Crippen molar-refractivity contribution in [3.8, 4) is 0 Å². The van der Waals surface area contributed by atoms with Crippen molar-refractivity contribution in [1.82, 2.24) is 9.78 Å². The molecule has 2 aromatic rings. The van der Waals surface area contributed by atoms with Crippen LogP contribution in [0.25, 0.3) is 0 Å². The highest BCUT2D eigenvalue weighted by molar-refractivity contribution is 5.47. The molecule has 4 heteroatoms. The Kier molecular flexibility index (Phi) is 4.22. The lowest BCUT2D eigenvalue weighted by molar-refractivity contribution is 0.613. The van der Waals surface area contributed by atoms with Crippen molar-refractivity contribution >= 4 is 5.69 Å². The van der Waals surface area contributed by atoms with Gasteiger partial charge in [0.2, 0.25) is 0 Å². The molecule has 0 spiro atoms. The predicted octanol–water partition coefficient (Wildman–Crippen LogP) is 2.31. The number of nitrogens with zero attached hydrogens (tertiary/aromatic N) is 3. The minimum atomic E-state index is 0.589. The van der Waals surface area contributed by atoms with Crippen molar-refractivity contribution in [2.75, 3.05) is 11.9 Å². The Morgan fingerprint density at radius 2 is 1.95 bits per heavy atom. The third-order valence-corrected chi connectivity index (χ3v) is 3.30. The van der Waals surface area contributed by atoms with Gasteiger partial charge in [-0.3, -0.25) is 4.68 Å². The second kappa shape index (κ2) is 5.89. The van der Waals surface area contributed by atoms with Crippen molar-refractivity contribution in [3.63, 3.8) is 0 Å². The lowest BCUT2D eigenvalue weighted by Gasteiger charge is -2.20. The van der Waals surface area contributed by atoms with Gasteiger partial charge in [0.1, 0.15) is 0 Å². The fourth-order valence-corrected chi connectivity index (χ4v) is 2.22. The standard InChI is InChI=1S/C15H22N4/c1-4-19-15(9-12(2)17-19)11-18(3)14-7-5-13(10-16)6-8-14/h5-9H,4,10-11,16H2,1-3H3. The van der Waals surface area contributed by atoms with Crippen LogP contribution in [0.2, 0.25) is 0 Å². The normalized spacial score (nSPS) is 10.7. The Balaban J connectivity index is 2.12. The Bertz CT molecular complexity index is 528. The van der Waals surface area contributed by atoms with E-state index in [1.807, 2.05) is 6.92 Å². The van der Waals surface area contributed by atoms with Crippen LogP contribution in [0.3, 0.4) is 0 Å². The molecule has 0 bridgehead atoms. The highest BCUT2D eigenvalue weighted by atomic mass is 15.3. The number of benzene rings is 1. The third kappa shape index (κ3) is 3.15. The van der Waals surface area contributed by atoms with Crippen LogP contribution in [0.5, 0.6) is 0 Å². The zero-order chi connectivity index (χ0) is 13.8. The lowest BCUT2D eigenvalue weighted by Crippen LogP contribution is -2.19.